The summed E-state index contributed by atoms with van der Waals surface area (Å²) >= 11 is 0. The van der Waals surface area contributed by atoms with Crippen LogP contribution in [0.15, 0.2) is 66.7 Å². The van der Waals surface area contributed by atoms with Crippen LogP contribution in [0.3, 0.4) is 0 Å². The van der Waals surface area contributed by atoms with Crippen LogP contribution in [0.4, 0.5) is 20.2 Å². The highest BCUT2D eigenvalue weighted by Gasteiger charge is 2.33. The summed E-state index contributed by atoms with van der Waals surface area (Å²) in [6, 6.07) is 13.5. The molecule has 0 saturated carbocycles. The fourth-order valence-electron chi connectivity index (χ4n) is 4.78. The first kappa shape index (κ1) is 31.5. The highest BCUT2D eigenvalue weighted by Crippen LogP contribution is 2.22. The van der Waals surface area contributed by atoms with E-state index in [1.54, 1.807) is 24.3 Å². The summed E-state index contributed by atoms with van der Waals surface area (Å²) in [6.45, 7) is -0.906. The van der Waals surface area contributed by atoms with Crippen molar-refractivity contribution in [3.8, 4) is 5.75 Å². The Balaban J connectivity index is 1.45. The molecule has 3 aromatic rings. The summed E-state index contributed by atoms with van der Waals surface area (Å²) in [6.07, 6.45) is -0.244. The van der Waals surface area contributed by atoms with Gasteiger partial charge in [0, 0.05) is 44.4 Å². The number of nitro benzene ring substituents is 1. The van der Waals surface area contributed by atoms with Crippen molar-refractivity contribution >= 4 is 35.0 Å². The quantitative estimate of drug-likeness (QED) is 0.275. The summed E-state index contributed by atoms with van der Waals surface area (Å²) in [5, 5.41) is 13.9. The molecule has 12 nitrogen and oxygen atoms in total. The molecule has 0 spiro atoms. The molecule has 4 rings (SSSR count). The van der Waals surface area contributed by atoms with Gasteiger partial charge in [0.15, 0.2) is 0 Å². The van der Waals surface area contributed by atoms with Gasteiger partial charge in [0.1, 0.15) is 35.5 Å². The lowest BCUT2D eigenvalue weighted by molar-refractivity contribution is -0.385. The van der Waals surface area contributed by atoms with Crippen LogP contribution in [0.1, 0.15) is 15.9 Å². The third-order valence-electron chi connectivity index (χ3n) is 7.06. The van der Waals surface area contributed by atoms with Crippen LogP contribution in [0.5, 0.6) is 5.75 Å². The fraction of sp³-hybridized carbons (Fsp3) is 0.267. The van der Waals surface area contributed by atoms with Gasteiger partial charge in [-0.3, -0.25) is 29.3 Å². The van der Waals surface area contributed by atoms with E-state index in [-0.39, 0.29) is 36.3 Å². The van der Waals surface area contributed by atoms with Crippen molar-refractivity contribution in [3.05, 3.63) is 99.6 Å². The maximum atomic E-state index is 13.9. The summed E-state index contributed by atoms with van der Waals surface area (Å²) in [5.41, 5.74) is 0.0467. The Morgan fingerprint density at radius 3 is 2.32 bits per heavy atom. The molecule has 230 valence electrons. The zero-order valence-electron chi connectivity index (χ0n) is 23.9. The number of ether oxygens (including phenoxy) is 1. The average Bonchev–Trinajstić information content (AvgIpc) is 3.00. The second-order valence-electron chi connectivity index (χ2n) is 10.0. The Kier molecular flexibility index (Phi) is 9.83. The van der Waals surface area contributed by atoms with Crippen LogP contribution in [0.2, 0.25) is 0 Å². The summed E-state index contributed by atoms with van der Waals surface area (Å²) in [5.74, 6) is -3.70. The van der Waals surface area contributed by atoms with Crippen molar-refractivity contribution < 1.29 is 37.6 Å². The number of nitrogens with zero attached hydrogens (tertiary/aromatic N) is 4. The number of amides is 4. The summed E-state index contributed by atoms with van der Waals surface area (Å²) < 4.78 is 33.0. The van der Waals surface area contributed by atoms with Crippen LogP contribution in [-0.4, -0.2) is 84.7 Å². The Labute approximate surface area is 250 Å². The Morgan fingerprint density at radius 1 is 1.05 bits per heavy atom. The first-order chi connectivity index (χ1) is 21.0. The molecule has 44 heavy (non-hydrogen) atoms. The van der Waals surface area contributed by atoms with Crippen LogP contribution in [-0.2, 0) is 20.8 Å². The highest BCUT2D eigenvalue weighted by atomic mass is 19.1. The van der Waals surface area contributed by atoms with Gasteiger partial charge >= 0.3 is 0 Å². The first-order valence-electron chi connectivity index (χ1n) is 13.4. The van der Waals surface area contributed by atoms with Gasteiger partial charge in [-0.1, -0.05) is 12.1 Å². The van der Waals surface area contributed by atoms with E-state index in [2.05, 4.69) is 5.32 Å². The van der Waals surface area contributed by atoms with Crippen LogP contribution < -0.4 is 15.0 Å². The number of carbonyl (C=O) groups excluding carboxylic acids is 4. The third-order valence-corrected chi connectivity index (χ3v) is 7.06. The van der Waals surface area contributed by atoms with Crippen LogP contribution in [0, 0.1) is 21.7 Å². The minimum atomic E-state index is -1.26. The smallest absolute Gasteiger partial charge is 0.282 e. The number of benzene rings is 3. The normalized spacial score (nSPS) is 13.7. The number of likely N-dealkylation sites (N-methyl/N-ethyl adjacent to an activating group) is 1. The lowest BCUT2D eigenvalue weighted by atomic mass is 10.0. The van der Waals surface area contributed by atoms with E-state index in [0.717, 1.165) is 17.0 Å². The van der Waals surface area contributed by atoms with E-state index >= 15 is 0 Å². The monoisotopic (exact) mass is 609 g/mol. The van der Waals surface area contributed by atoms with Crippen LogP contribution >= 0.6 is 0 Å². The van der Waals surface area contributed by atoms with Gasteiger partial charge < -0.3 is 24.8 Å². The summed E-state index contributed by atoms with van der Waals surface area (Å²) in [4.78, 5) is 66.7. The van der Waals surface area contributed by atoms with Gasteiger partial charge in [0.05, 0.1) is 18.6 Å². The maximum Gasteiger partial charge on any atom is 0.282 e. The third kappa shape index (κ3) is 7.51. The van der Waals surface area contributed by atoms with Crippen molar-refractivity contribution in [1.29, 1.82) is 0 Å². The number of carbonyl (C=O) groups is 4. The van der Waals surface area contributed by atoms with Gasteiger partial charge in [-0.15, -0.1) is 0 Å². The van der Waals surface area contributed by atoms with E-state index in [1.165, 1.54) is 48.2 Å². The standard InChI is InChI=1S/C30H29F2N5O7/c1-34(22-7-9-23(44-2)10-8-22)30(41)25(15-19-13-20(31)16-21(32)14-19)33-27(38)17-35-11-12-36(18-28(35)39)29(40)24-5-3-4-6-26(24)37(42)43/h3-10,13-14,16,25H,11-12,15,17-18H2,1-2H3,(H,33,38)/t25-/m0/s1. The SMILES string of the molecule is COc1ccc(N(C)C(=O)[C@H](Cc2cc(F)cc(F)c2)NC(=O)CN2CCN(C(=O)c3ccccc3[N+](=O)[O-])CC2=O)cc1. The number of halogens is 2. The van der Waals surface area contributed by atoms with Crippen LogP contribution in [0.25, 0.3) is 0 Å². The number of piperazine rings is 1. The lowest BCUT2D eigenvalue weighted by Gasteiger charge is -2.34. The molecule has 0 aliphatic carbocycles. The van der Waals surface area contributed by atoms with E-state index in [1.807, 2.05) is 0 Å². The van der Waals surface area contributed by atoms with Gasteiger partial charge in [-0.2, -0.15) is 0 Å². The molecule has 1 saturated heterocycles. The van der Waals surface area contributed by atoms with Gasteiger partial charge in [-0.05, 0) is 48.0 Å². The molecule has 1 fully saturated rings. The zero-order chi connectivity index (χ0) is 32.0. The molecule has 3 aromatic carbocycles. The van der Waals surface area contributed by atoms with Crippen molar-refractivity contribution in [2.75, 3.05) is 45.2 Å². The minimum absolute atomic E-state index is 0.00897. The number of anilines is 1. The number of hydrogen-bond donors (Lipinski definition) is 1. The number of para-hydroxylation sites is 1. The largest absolute Gasteiger partial charge is 0.497 e. The molecule has 0 radical (unpaired) electrons. The van der Waals surface area contributed by atoms with E-state index in [9.17, 15) is 38.1 Å². The molecule has 1 heterocycles. The molecular weight excluding hydrogens is 580 g/mol. The Morgan fingerprint density at radius 2 is 1.70 bits per heavy atom. The molecule has 0 aromatic heterocycles. The molecule has 1 N–H and O–H groups in total. The zero-order valence-corrected chi connectivity index (χ0v) is 23.9. The number of hydrogen-bond acceptors (Lipinski definition) is 7. The topological polar surface area (TPSA) is 142 Å². The van der Waals surface area contributed by atoms with E-state index in [4.69, 9.17) is 4.74 Å². The Bertz CT molecular complexity index is 1560. The number of rotatable bonds is 10. The van der Waals surface area contributed by atoms with Gasteiger partial charge in [0.25, 0.3) is 11.6 Å². The average molecular weight is 610 g/mol. The van der Waals surface area contributed by atoms with Gasteiger partial charge in [-0.25, -0.2) is 8.78 Å². The van der Waals surface area contributed by atoms with E-state index in [0.29, 0.717) is 17.5 Å². The second-order valence-corrected chi connectivity index (χ2v) is 10.0. The highest BCUT2D eigenvalue weighted by molar-refractivity contribution is 6.01. The molecule has 1 aliphatic heterocycles. The molecular formula is C30H29F2N5O7. The molecule has 0 unspecified atom stereocenters. The molecule has 0 bridgehead atoms. The molecule has 1 atom stereocenters. The van der Waals surface area contributed by atoms with Crippen molar-refractivity contribution in [2.24, 2.45) is 0 Å². The maximum absolute atomic E-state index is 13.9. The second kappa shape index (κ2) is 13.7. The predicted molar refractivity (Wildman–Crippen MR) is 154 cm³/mol. The predicted octanol–water partition coefficient (Wildman–Crippen LogP) is 2.56. The van der Waals surface area contributed by atoms with Crippen molar-refractivity contribution in [3.63, 3.8) is 0 Å². The number of nitro groups is 1. The molecule has 4 amide bonds. The van der Waals surface area contributed by atoms with Gasteiger partial charge in [0.2, 0.25) is 17.7 Å². The number of nitrogens with one attached hydrogen (secondary N) is 1. The first-order valence-corrected chi connectivity index (χ1v) is 13.4. The molecule has 14 heteroatoms. The minimum Gasteiger partial charge on any atom is -0.497 e. The Hall–Kier alpha value is -5.40. The number of methoxy groups -OCH3 is 1. The van der Waals surface area contributed by atoms with Crippen molar-refractivity contribution in [1.82, 2.24) is 15.1 Å². The summed E-state index contributed by atoms with van der Waals surface area (Å²) in [7, 11) is 2.97. The van der Waals surface area contributed by atoms with Crippen molar-refractivity contribution in [2.45, 2.75) is 12.5 Å². The fourth-order valence-corrected chi connectivity index (χ4v) is 4.78. The lowest BCUT2D eigenvalue weighted by Crippen LogP contribution is -2.56. The molecule has 1 aliphatic rings. The van der Waals surface area contributed by atoms with E-state index < -0.39 is 59.3 Å².